The van der Waals surface area contributed by atoms with Gasteiger partial charge in [0.05, 0.1) is 17.8 Å². The van der Waals surface area contributed by atoms with Crippen LogP contribution in [0.25, 0.3) is 0 Å². The highest BCUT2D eigenvalue weighted by molar-refractivity contribution is 6.02. The Hall–Kier alpha value is -5.04. The molecule has 0 spiro atoms. The largest absolute Gasteiger partial charge is 0.398 e. The van der Waals surface area contributed by atoms with E-state index in [2.05, 4.69) is 27.5 Å². The van der Waals surface area contributed by atoms with Crippen LogP contribution in [0.1, 0.15) is 56.4 Å². The molecule has 0 saturated heterocycles. The number of rotatable bonds is 9. The number of allylic oxidation sites excluding steroid dienone is 5. The highest BCUT2D eigenvalue weighted by atomic mass is 19.1. The van der Waals surface area contributed by atoms with Gasteiger partial charge in [-0.05, 0) is 81.2 Å². The van der Waals surface area contributed by atoms with Gasteiger partial charge in [-0.2, -0.15) is 5.26 Å². The number of carbonyl (C=O) groups excluding carboxylic acids is 2. The molecule has 0 radical (unpaired) electrons. The third-order valence-electron chi connectivity index (χ3n) is 6.04. The van der Waals surface area contributed by atoms with Gasteiger partial charge in [0.1, 0.15) is 11.9 Å². The van der Waals surface area contributed by atoms with Crippen LogP contribution in [0.5, 0.6) is 0 Å². The van der Waals surface area contributed by atoms with Gasteiger partial charge in [0.25, 0.3) is 0 Å². The third kappa shape index (κ3) is 9.28. The fourth-order valence-corrected chi connectivity index (χ4v) is 3.90. The zero-order chi connectivity index (χ0) is 30.5. The van der Waals surface area contributed by atoms with Crippen LogP contribution in [0, 0.1) is 24.1 Å². The normalized spacial score (nSPS) is 12.7. The van der Waals surface area contributed by atoms with Gasteiger partial charge >= 0.3 is 6.03 Å². The number of carbonyl (C=O) groups is 2. The minimum atomic E-state index is -0.613. The summed E-state index contributed by atoms with van der Waals surface area (Å²) >= 11 is 0. The van der Waals surface area contributed by atoms with Crippen LogP contribution in [0.4, 0.5) is 20.6 Å². The molecule has 214 valence electrons. The molecular weight excluding hydrogens is 521 g/mol. The van der Waals surface area contributed by atoms with E-state index in [1.165, 1.54) is 16.5 Å². The van der Waals surface area contributed by atoms with Crippen LogP contribution < -0.4 is 16.4 Å². The molecule has 3 amide bonds. The Morgan fingerprint density at radius 1 is 1.22 bits per heavy atom. The molecular formula is C31H36FN7O2. The molecule has 0 unspecified atom stereocenters. The van der Waals surface area contributed by atoms with Crippen molar-refractivity contribution in [3.05, 3.63) is 93.5 Å². The number of amides is 3. The van der Waals surface area contributed by atoms with Crippen molar-refractivity contribution < 1.29 is 14.0 Å². The summed E-state index contributed by atoms with van der Waals surface area (Å²) in [6.45, 7) is 9.36. The maximum absolute atomic E-state index is 14.4. The minimum Gasteiger partial charge on any atom is -0.398 e. The molecule has 0 aliphatic rings. The number of nitrogens with two attached hydrogens (primary N) is 1. The van der Waals surface area contributed by atoms with Gasteiger partial charge in [-0.3, -0.25) is 25.3 Å². The maximum atomic E-state index is 14.4. The second-order valence-electron chi connectivity index (χ2n) is 9.27. The van der Waals surface area contributed by atoms with Crippen molar-refractivity contribution in [2.45, 2.75) is 47.6 Å². The van der Waals surface area contributed by atoms with E-state index in [-0.39, 0.29) is 23.6 Å². The number of urea groups is 1. The van der Waals surface area contributed by atoms with Gasteiger partial charge in [0, 0.05) is 30.2 Å². The molecule has 0 bridgehead atoms. The van der Waals surface area contributed by atoms with Gasteiger partial charge in [0.2, 0.25) is 12.4 Å². The summed E-state index contributed by atoms with van der Waals surface area (Å²) in [5.41, 5.74) is 10.9. The molecule has 2 aromatic rings. The van der Waals surface area contributed by atoms with Gasteiger partial charge in [0.15, 0.2) is 0 Å². The van der Waals surface area contributed by atoms with E-state index in [4.69, 9.17) is 5.73 Å². The Labute approximate surface area is 240 Å². The van der Waals surface area contributed by atoms with Gasteiger partial charge in [-0.1, -0.05) is 30.7 Å². The van der Waals surface area contributed by atoms with Crippen molar-refractivity contribution in [1.82, 2.24) is 15.5 Å². The van der Waals surface area contributed by atoms with Crippen LogP contribution in [-0.2, 0) is 11.3 Å². The summed E-state index contributed by atoms with van der Waals surface area (Å²) in [4.78, 5) is 34.9. The average Bonchev–Trinajstić information content (AvgIpc) is 2.94. The first-order valence-corrected chi connectivity index (χ1v) is 13.0. The van der Waals surface area contributed by atoms with Crippen molar-refractivity contribution in [3.8, 4) is 6.07 Å². The Bertz CT molecular complexity index is 1480. The SMILES string of the molecule is C\C=C(/C=C(C)\C=C(/C)CC)N(Cc1cc(C)c(F)c(C#N)c1)C(=O)NC(=Nc1ccc(N)c(C=NC)c1)NC=O. The molecule has 4 N–H and O–H groups in total. The number of anilines is 1. The van der Waals surface area contributed by atoms with Crippen molar-refractivity contribution >= 4 is 36.0 Å². The van der Waals surface area contributed by atoms with E-state index in [0.29, 0.717) is 34.6 Å². The van der Waals surface area contributed by atoms with E-state index in [9.17, 15) is 19.2 Å². The number of aliphatic imine (C=N–C) groups is 2. The standard InChI is InChI=1S/C31H36FN7O2/c1-7-20(3)11-21(4)12-27(8-2)39(18-23-13-22(5)29(32)24(14-23)16-33)31(41)38-30(36-19-40)37-26-9-10-28(34)25(15-26)17-35-6/h8-15,17,19H,7,18,34H2,1-6H3,(H2,36,37,38,40,41)/b20-11+,21-12-,27-8+,35-17?. The van der Waals surface area contributed by atoms with E-state index in [0.717, 1.165) is 12.0 Å². The highest BCUT2D eigenvalue weighted by Crippen LogP contribution is 2.21. The first-order valence-electron chi connectivity index (χ1n) is 13.0. The number of nitrogen functional groups attached to an aromatic ring is 1. The summed E-state index contributed by atoms with van der Waals surface area (Å²) in [5, 5.41) is 14.5. The molecule has 10 heteroatoms. The highest BCUT2D eigenvalue weighted by Gasteiger charge is 2.20. The summed E-state index contributed by atoms with van der Waals surface area (Å²) in [7, 11) is 1.61. The number of aryl methyl sites for hydroxylation is 1. The fraction of sp³-hybridized carbons (Fsp3) is 0.258. The predicted octanol–water partition coefficient (Wildman–Crippen LogP) is 5.79. The molecule has 0 heterocycles. The topological polar surface area (TPSA) is 136 Å². The summed E-state index contributed by atoms with van der Waals surface area (Å²) in [6.07, 6.45) is 8.48. The van der Waals surface area contributed by atoms with Crippen LogP contribution in [-0.4, -0.2) is 36.6 Å². The second kappa shape index (κ2) is 15.5. The number of hydrogen-bond donors (Lipinski definition) is 3. The molecule has 0 fully saturated rings. The van der Waals surface area contributed by atoms with E-state index < -0.39 is 11.8 Å². The number of hydrogen-bond acceptors (Lipinski definition) is 6. The van der Waals surface area contributed by atoms with Crippen molar-refractivity contribution in [3.63, 3.8) is 0 Å². The number of nitrogens with zero attached hydrogens (tertiary/aromatic N) is 4. The Balaban J connectivity index is 2.57. The molecule has 41 heavy (non-hydrogen) atoms. The monoisotopic (exact) mass is 557 g/mol. The van der Waals surface area contributed by atoms with Gasteiger partial charge in [-0.15, -0.1) is 0 Å². The molecule has 0 aromatic heterocycles. The Morgan fingerprint density at radius 3 is 2.56 bits per heavy atom. The van der Waals surface area contributed by atoms with E-state index >= 15 is 0 Å². The Kier molecular flexibility index (Phi) is 12.2. The van der Waals surface area contributed by atoms with Crippen LogP contribution in [0.15, 0.2) is 75.4 Å². The zero-order valence-electron chi connectivity index (χ0n) is 24.2. The molecule has 0 aliphatic carbocycles. The number of benzene rings is 2. The second-order valence-corrected chi connectivity index (χ2v) is 9.27. The number of guanidine groups is 1. The molecule has 0 saturated carbocycles. The Morgan fingerprint density at radius 2 is 1.95 bits per heavy atom. The third-order valence-corrected chi connectivity index (χ3v) is 6.04. The summed E-state index contributed by atoms with van der Waals surface area (Å²) in [6, 6.07) is 9.19. The van der Waals surface area contributed by atoms with Crippen molar-refractivity contribution in [1.29, 1.82) is 5.26 Å². The van der Waals surface area contributed by atoms with Gasteiger partial charge in [-0.25, -0.2) is 14.2 Å². The minimum absolute atomic E-state index is 0.00884. The smallest absolute Gasteiger partial charge is 0.328 e. The molecule has 9 nitrogen and oxygen atoms in total. The van der Waals surface area contributed by atoms with Gasteiger partial charge < -0.3 is 5.73 Å². The number of halogens is 1. The lowest BCUT2D eigenvalue weighted by molar-refractivity contribution is -0.108. The lowest BCUT2D eigenvalue weighted by Crippen LogP contribution is -2.46. The summed E-state index contributed by atoms with van der Waals surface area (Å²) in [5.74, 6) is -0.722. The molecule has 2 aromatic carbocycles. The van der Waals surface area contributed by atoms with Crippen LogP contribution in [0.2, 0.25) is 0 Å². The molecule has 0 aliphatic heterocycles. The first kappa shape index (κ1) is 32.2. The number of nitriles is 1. The quantitative estimate of drug-likeness (QED) is 0.118. The molecule has 0 atom stereocenters. The van der Waals surface area contributed by atoms with Crippen molar-refractivity contribution in [2.75, 3.05) is 12.8 Å². The van der Waals surface area contributed by atoms with Crippen LogP contribution in [0.3, 0.4) is 0 Å². The van der Waals surface area contributed by atoms with E-state index in [1.54, 1.807) is 57.5 Å². The number of nitrogens with one attached hydrogen (secondary N) is 2. The first-order chi connectivity index (χ1) is 19.6. The van der Waals surface area contributed by atoms with E-state index in [1.807, 2.05) is 32.1 Å². The van der Waals surface area contributed by atoms with Crippen LogP contribution >= 0.6 is 0 Å². The summed E-state index contributed by atoms with van der Waals surface area (Å²) < 4.78 is 14.4. The fourth-order valence-electron chi connectivity index (χ4n) is 3.90. The average molecular weight is 558 g/mol. The lowest BCUT2D eigenvalue weighted by atomic mass is 10.1. The lowest BCUT2D eigenvalue weighted by Gasteiger charge is -2.25. The maximum Gasteiger partial charge on any atom is 0.328 e. The predicted molar refractivity (Wildman–Crippen MR) is 162 cm³/mol. The molecule has 2 rings (SSSR count). The zero-order valence-corrected chi connectivity index (χ0v) is 24.2. The van der Waals surface area contributed by atoms with Crippen molar-refractivity contribution in [2.24, 2.45) is 9.98 Å².